The largest absolute Gasteiger partial charge is 0.465 e. The highest BCUT2D eigenvalue weighted by Gasteiger charge is 2.13. The standard InChI is InChI=1S/C18H36O2/c1-5-6-7-8-11-14-17(4)18(19)20-15-12-9-10-13-16(2)3/h16-17H,5-15H2,1-4H3. The van der Waals surface area contributed by atoms with E-state index in [1.165, 1.54) is 44.9 Å². The Morgan fingerprint density at radius 3 is 2.10 bits per heavy atom. The van der Waals surface area contributed by atoms with Crippen LogP contribution in [-0.2, 0) is 9.53 Å². The molecule has 2 nitrogen and oxygen atoms in total. The summed E-state index contributed by atoms with van der Waals surface area (Å²) in [6, 6.07) is 0. The van der Waals surface area contributed by atoms with Gasteiger partial charge in [-0.1, -0.05) is 79.1 Å². The van der Waals surface area contributed by atoms with E-state index in [1.54, 1.807) is 0 Å². The lowest BCUT2D eigenvalue weighted by molar-refractivity contribution is -0.148. The maximum Gasteiger partial charge on any atom is 0.308 e. The highest BCUT2D eigenvalue weighted by molar-refractivity contribution is 5.71. The molecule has 0 N–H and O–H groups in total. The van der Waals surface area contributed by atoms with Crippen LogP contribution in [-0.4, -0.2) is 12.6 Å². The van der Waals surface area contributed by atoms with Crippen molar-refractivity contribution < 1.29 is 9.53 Å². The molecule has 1 atom stereocenters. The van der Waals surface area contributed by atoms with Gasteiger partial charge < -0.3 is 4.74 Å². The maximum absolute atomic E-state index is 11.8. The third kappa shape index (κ3) is 12.5. The van der Waals surface area contributed by atoms with Gasteiger partial charge in [0.15, 0.2) is 0 Å². The van der Waals surface area contributed by atoms with Gasteiger partial charge in [-0.05, 0) is 18.8 Å². The number of carbonyl (C=O) groups excluding carboxylic acids is 1. The lowest BCUT2D eigenvalue weighted by atomic mass is 10.0. The Morgan fingerprint density at radius 1 is 0.850 bits per heavy atom. The summed E-state index contributed by atoms with van der Waals surface area (Å²) in [5.41, 5.74) is 0. The third-order valence-corrected chi connectivity index (χ3v) is 3.81. The topological polar surface area (TPSA) is 26.3 Å². The van der Waals surface area contributed by atoms with E-state index in [9.17, 15) is 4.79 Å². The summed E-state index contributed by atoms with van der Waals surface area (Å²) < 4.78 is 5.35. The molecule has 0 aromatic heterocycles. The van der Waals surface area contributed by atoms with Crippen molar-refractivity contribution in [3.8, 4) is 0 Å². The predicted octanol–water partition coefficient (Wildman–Crippen LogP) is 5.74. The van der Waals surface area contributed by atoms with Gasteiger partial charge in [0, 0.05) is 0 Å². The Bertz CT molecular complexity index is 223. The molecule has 0 aliphatic heterocycles. The number of ether oxygens (including phenoxy) is 1. The summed E-state index contributed by atoms with van der Waals surface area (Å²) in [5, 5.41) is 0. The lowest BCUT2D eigenvalue weighted by Crippen LogP contribution is -2.15. The molecule has 0 rings (SSSR count). The number of hydrogen-bond donors (Lipinski definition) is 0. The fourth-order valence-corrected chi connectivity index (χ4v) is 2.32. The van der Waals surface area contributed by atoms with Gasteiger partial charge in [0.2, 0.25) is 0 Å². The number of hydrogen-bond acceptors (Lipinski definition) is 2. The van der Waals surface area contributed by atoms with E-state index < -0.39 is 0 Å². The van der Waals surface area contributed by atoms with Gasteiger partial charge >= 0.3 is 5.97 Å². The SMILES string of the molecule is CCCCCCCC(C)C(=O)OCCCCCC(C)C. The van der Waals surface area contributed by atoms with E-state index in [0.717, 1.165) is 25.2 Å². The van der Waals surface area contributed by atoms with Crippen molar-refractivity contribution in [2.45, 2.75) is 91.9 Å². The van der Waals surface area contributed by atoms with Crippen LogP contribution in [0.5, 0.6) is 0 Å². The first-order valence-corrected chi connectivity index (χ1v) is 8.74. The summed E-state index contributed by atoms with van der Waals surface area (Å²) in [5.74, 6) is 0.863. The third-order valence-electron chi connectivity index (χ3n) is 3.81. The molecule has 0 spiro atoms. The molecular formula is C18H36O2. The molecule has 120 valence electrons. The van der Waals surface area contributed by atoms with E-state index in [0.29, 0.717) is 6.61 Å². The smallest absolute Gasteiger partial charge is 0.308 e. The Kier molecular flexibility index (Phi) is 13.1. The molecule has 0 fully saturated rings. The first-order valence-electron chi connectivity index (χ1n) is 8.74. The molecule has 0 aliphatic carbocycles. The van der Waals surface area contributed by atoms with E-state index in [2.05, 4.69) is 20.8 Å². The quantitative estimate of drug-likeness (QED) is 0.318. The van der Waals surface area contributed by atoms with Crippen LogP contribution in [0.2, 0.25) is 0 Å². The summed E-state index contributed by atoms with van der Waals surface area (Å²) in [6.07, 6.45) is 12.0. The molecule has 0 heterocycles. The number of carbonyl (C=O) groups is 1. The van der Waals surface area contributed by atoms with Crippen LogP contribution in [0, 0.1) is 11.8 Å². The monoisotopic (exact) mass is 284 g/mol. The zero-order valence-corrected chi connectivity index (χ0v) is 14.2. The molecule has 0 bridgehead atoms. The van der Waals surface area contributed by atoms with Crippen molar-refractivity contribution >= 4 is 5.97 Å². The molecule has 20 heavy (non-hydrogen) atoms. The van der Waals surface area contributed by atoms with Crippen molar-refractivity contribution in [2.75, 3.05) is 6.61 Å². The van der Waals surface area contributed by atoms with E-state index >= 15 is 0 Å². The van der Waals surface area contributed by atoms with Gasteiger partial charge in [-0.25, -0.2) is 0 Å². The minimum Gasteiger partial charge on any atom is -0.465 e. The molecule has 0 aromatic rings. The van der Waals surface area contributed by atoms with Crippen molar-refractivity contribution in [2.24, 2.45) is 11.8 Å². The highest BCUT2D eigenvalue weighted by atomic mass is 16.5. The minimum absolute atomic E-state index is 0.00403. The molecule has 0 aromatic carbocycles. The zero-order valence-electron chi connectivity index (χ0n) is 14.2. The van der Waals surface area contributed by atoms with Crippen LogP contribution < -0.4 is 0 Å². The van der Waals surface area contributed by atoms with Crippen LogP contribution in [0.15, 0.2) is 0 Å². The molecule has 0 saturated heterocycles. The van der Waals surface area contributed by atoms with Crippen LogP contribution in [0.1, 0.15) is 91.9 Å². The average molecular weight is 284 g/mol. The van der Waals surface area contributed by atoms with Crippen molar-refractivity contribution in [3.63, 3.8) is 0 Å². The van der Waals surface area contributed by atoms with Crippen LogP contribution in [0.4, 0.5) is 0 Å². The fraction of sp³-hybridized carbons (Fsp3) is 0.944. The first-order chi connectivity index (χ1) is 9.57. The van der Waals surface area contributed by atoms with Gasteiger partial charge in [0.05, 0.1) is 12.5 Å². The zero-order chi connectivity index (χ0) is 15.2. The molecule has 0 aliphatic rings. The van der Waals surface area contributed by atoms with Gasteiger partial charge in [0.25, 0.3) is 0 Å². The Balaban J connectivity index is 3.41. The second-order valence-electron chi connectivity index (χ2n) is 6.51. The number of esters is 1. The van der Waals surface area contributed by atoms with E-state index in [-0.39, 0.29) is 11.9 Å². The lowest BCUT2D eigenvalue weighted by Gasteiger charge is -2.11. The van der Waals surface area contributed by atoms with Crippen molar-refractivity contribution in [3.05, 3.63) is 0 Å². The second-order valence-corrected chi connectivity index (χ2v) is 6.51. The predicted molar refractivity (Wildman–Crippen MR) is 86.8 cm³/mol. The number of unbranched alkanes of at least 4 members (excludes halogenated alkanes) is 6. The van der Waals surface area contributed by atoms with Crippen molar-refractivity contribution in [1.29, 1.82) is 0 Å². The molecule has 0 amide bonds. The minimum atomic E-state index is 0.00403. The van der Waals surface area contributed by atoms with Gasteiger partial charge in [0.1, 0.15) is 0 Å². The van der Waals surface area contributed by atoms with Gasteiger partial charge in [-0.3, -0.25) is 4.79 Å². The van der Waals surface area contributed by atoms with Gasteiger partial charge in [-0.15, -0.1) is 0 Å². The summed E-state index contributed by atoms with van der Waals surface area (Å²) >= 11 is 0. The fourth-order valence-electron chi connectivity index (χ4n) is 2.32. The average Bonchev–Trinajstić information content (AvgIpc) is 2.41. The molecule has 1 unspecified atom stereocenters. The van der Waals surface area contributed by atoms with Gasteiger partial charge in [-0.2, -0.15) is 0 Å². The maximum atomic E-state index is 11.8. The first kappa shape index (κ1) is 19.5. The highest BCUT2D eigenvalue weighted by Crippen LogP contribution is 2.13. The molecule has 2 heteroatoms. The summed E-state index contributed by atoms with van der Waals surface area (Å²) in [7, 11) is 0. The normalized spacial score (nSPS) is 12.7. The molecule has 0 saturated carbocycles. The Hall–Kier alpha value is -0.530. The Morgan fingerprint density at radius 2 is 1.45 bits per heavy atom. The summed E-state index contributed by atoms with van der Waals surface area (Å²) in [6.45, 7) is 9.34. The van der Waals surface area contributed by atoms with Crippen LogP contribution in [0.3, 0.4) is 0 Å². The molecular weight excluding hydrogens is 248 g/mol. The second kappa shape index (κ2) is 13.5. The van der Waals surface area contributed by atoms with E-state index in [4.69, 9.17) is 4.74 Å². The van der Waals surface area contributed by atoms with Crippen molar-refractivity contribution in [1.82, 2.24) is 0 Å². The number of rotatable bonds is 13. The molecule has 0 radical (unpaired) electrons. The Labute approximate surface area is 126 Å². The van der Waals surface area contributed by atoms with Crippen LogP contribution >= 0.6 is 0 Å². The summed E-state index contributed by atoms with van der Waals surface area (Å²) in [4.78, 5) is 11.8. The van der Waals surface area contributed by atoms with Crippen LogP contribution in [0.25, 0.3) is 0 Å². The van der Waals surface area contributed by atoms with E-state index in [1.807, 2.05) is 6.92 Å².